The summed E-state index contributed by atoms with van der Waals surface area (Å²) < 4.78 is 11.2. The maximum absolute atomic E-state index is 5.59. The van der Waals surface area contributed by atoms with Gasteiger partial charge in [0.15, 0.2) is 6.29 Å². The van der Waals surface area contributed by atoms with Crippen molar-refractivity contribution in [3.8, 4) is 0 Å². The van der Waals surface area contributed by atoms with Crippen LogP contribution in [0.5, 0.6) is 0 Å². The topological polar surface area (TPSA) is 18.5 Å². The van der Waals surface area contributed by atoms with E-state index in [1.807, 2.05) is 13.8 Å². The monoisotopic (exact) mass is 188 g/mol. The van der Waals surface area contributed by atoms with Crippen molar-refractivity contribution in [3.63, 3.8) is 0 Å². The lowest BCUT2D eigenvalue weighted by atomic mass is 9.80. The van der Waals surface area contributed by atoms with Gasteiger partial charge in [-0.3, -0.25) is 0 Å². The van der Waals surface area contributed by atoms with E-state index in [0.717, 1.165) is 0 Å². The molecule has 0 saturated heterocycles. The fraction of sp³-hybridized carbons (Fsp3) is 1.00. The number of hydrogen-bond donors (Lipinski definition) is 0. The first-order valence-corrected chi connectivity index (χ1v) is 5.20. The predicted molar refractivity (Wildman–Crippen MR) is 55.7 cm³/mol. The molecule has 0 N–H and O–H groups in total. The molecule has 0 saturated carbocycles. The minimum absolute atomic E-state index is 0.0754. The Morgan fingerprint density at radius 1 is 1.00 bits per heavy atom. The Labute approximate surface area is 82.6 Å². The van der Waals surface area contributed by atoms with Crippen molar-refractivity contribution < 1.29 is 9.47 Å². The highest BCUT2D eigenvalue weighted by atomic mass is 16.7. The second-order valence-corrected chi connectivity index (χ2v) is 4.22. The fourth-order valence-electron chi connectivity index (χ4n) is 1.05. The SMILES string of the molecule is CCOC(OCC)C(C)(C)C(C)C. The average molecular weight is 188 g/mol. The lowest BCUT2D eigenvalue weighted by molar-refractivity contribution is -0.205. The Morgan fingerprint density at radius 3 is 1.62 bits per heavy atom. The molecule has 0 bridgehead atoms. The summed E-state index contributed by atoms with van der Waals surface area (Å²) in [5.74, 6) is 0.551. The van der Waals surface area contributed by atoms with Gasteiger partial charge >= 0.3 is 0 Å². The minimum atomic E-state index is -0.0810. The van der Waals surface area contributed by atoms with E-state index in [9.17, 15) is 0 Å². The Bertz CT molecular complexity index is 124. The molecule has 0 atom stereocenters. The van der Waals surface area contributed by atoms with E-state index in [4.69, 9.17) is 9.47 Å². The van der Waals surface area contributed by atoms with Gasteiger partial charge in [-0.25, -0.2) is 0 Å². The van der Waals surface area contributed by atoms with Crippen LogP contribution in [0.15, 0.2) is 0 Å². The van der Waals surface area contributed by atoms with Crippen LogP contribution in [0, 0.1) is 11.3 Å². The van der Waals surface area contributed by atoms with Crippen LogP contribution < -0.4 is 0 Å². The average Bonchev–Trinajstić information content (AvgIpc) is 2.03. The molecular formula is C11H24O2. The molecule has 0 radical (unpaired) electrons. The van der Waals surface area contributed by atoms with Gasteiger partial charge in [-0.05, 0) is 19.8 Å². The summed E-state index contributed by atoms with van der Waals surface area (Å²) >= 11 is 0. The van der Waals surface area contributed by atoms with Crippen molar-refractivity contribution in [1.29, 1.82) is 0 Å². The molecule has 80 valence electrons. The molecule has 0 amide bonds. The van der Waals surface area contributed by atoms with Gasteiger partial charge in [-0.15, -0.1) is 0 Å². The molecular weight excluding hydrogens is 164 g/mol. The second-order valence-electron chi connectivity index (χ2n) is 4.22. The van der Waals surface area contributed by atoms with Gasteiger partial charge in [0, 0.05) is 18.6 Å². The van der Waals surface area contributed by atoms with Crippen molar-refractivity contribution in [2.24, 2.45) is 11.3 Å². The summed E-state index contributed by atoms with van der Waals surface area (Å²) in [7, 11) is 0. The number of ether oxygens (including phenoxy) is 2. The summed E-state index contributed by atoms with van der Waals surface area (Å²) in [4.78, 5) is 0. The molecule has 13 heavy (non-hydrogen) atoms. The van der Waals surface area contributed by atoms with E-state index >= 15 is 0 Å². The van der Waals surface area contributed by atoms with E-state index in [1.54, 1.807) is 0 Å². The van der Waals surface area contributed by atoms with Crippen molar-refractivity contribution in [1.82, 2.24) is 0 Å². The molecule has 0 fully saturated rings. The molecule has 0 aliphatic carbocycles. The van der Waals surface area contributed by atoms with Crippen molar-refractivity contribution in [2.45, 2.75) is 47.8 Å². The third-order valence-corrected chi connectivity index (χ3v) is 2.73. The zero-order valence-electron chi connectivity index (χ0n) is 9.89. The summed E-state index contributed by atoms with van der Waals surface area (Å²) in [6.07, 6.45) is -0.0810. The second kappa shape index (κ2) is 5.61. The number of hydrogen-bond acceptors (Lipinski definition) is 2. The van der Waals surface area contributed by atoms with Crippen LogP contribution in [-0.2, 0) is 9.47 Å². The minimum Gasteiger partial charge on any atom is -0.352 e. The molecule has 0 aromatic carbocycles. The van der Waals surface area contributed by atoms with E-state index < -0.39 is 0 Å². The summed E-state index contributed by atoms with van der Waals surface area (Å²) in [5.41, 5.74) is 0.0754. The van der Waals surface area contributed by atoms with E-state index in [1.165, 1.54) is 0 Å². The normalized spacial score (nSPS) is 12.9. The summed E-state index contributed by atoms with van der Waals surface area (Å²) in [6, 6.07) is 0. The highest BCUT2D eigenvalue weighted by Gasteiger charge is 2.33. The van der Waals surface area contributed by atoms with Gasteiger partial charge in [0.25, 0.3) is 0 Å². The van der Waals surface area contributed by atoms with E-state index in [0.29, 0.717) is 19.1 Å². The summed E-state index contributed by atoms with van der Waals surface area (Å²) in [5, 5.41) is 0. The first kappa shape index (κ1) is 12.9. The first-order valence-electron chi connectivity index (χ1n) is 5.20. The molecule has 0 aromatic heterocycles. The highest BCUT2D eigenvalue weighted by molar-refractivity contribution is 4.76. The Kier molecular flexibility index (Phi) is 5.57. The quantitative estimate of drug-likeness (QED) is 0.596. The van der Waals surface area contributed by atoms with Crippen LogP contribution in [0.1, 0.15) is 41.5 Å². The molecule has 0 aromatic rings. The molecule has 0 unspecified atom stereocenters. The van der Waals surface area contributed by atoms with E-state index in [-0.39, 0.29) is 11.7 Å². The van der Waals surface area contributed by atoms with Gasteiger partial charge < -0.3 is 9.47 Å². The fourth-order valence-corrected chi connectivity index (χ4v) is 1.05. The lowest BCUT2D eigenvalue weighted by Crippen LogP contribution is -2.38. The van der Waals surface area contributed by atoms with Crippen LogP contribution in [-0.4, -0.2) is 19.5 Å². The maximum Gasteiger partial charge on any atom is 0.162 e. The Balaban J connectivity index is 4.31. The van der Waals surface area contributed by atoms with Crippen molar-refractivity contribution in [2.75, 3.05) is 13.2 Å². The third-order valence-electron chi connectivity index (χ3n) is 2.73. The van der Waals surface area contributed by atoms with Crippen molar-refractivity contribution >= 4 is 0 Å². The highest BCUT2D eigenvalue weighted by Crippen LogP contribution is 2.32. The van der Waals surface area contributed by atoms with Crippen LogP contribution in [0.3, 0.4) is 0 Å². The molecule has 0 rings (SSSR count). The molecule has 0 aliphatic rings. The standard InChI is InChI=1S/C11H24O2/c1-7-12-10(13-8-2)11(5,6)9(3)4/h9-10H,7-8H2,1-6H3. The lowest BCUT2D eigenvalue weighted by Gasteiger charge is -2.36. The first-order chi connectivity index (χ1) is 5.96. The van der Waals surface area contributed by atoms with Gasteiger partial charge in [0.2, 0.25) is 0 Å². The molecule has 0 spiro atoms. The number of rotatable bonds is 6. The van der Waals surface area contributed by atoms with Crippen LogP contribution in [0.2, 0.25) is 0 Å². The predicted octanol–water partition coefficient (Wildman–Crippen LogP) is 3.07. The van der Waals surface area contributed by atoms with Crippen LogP contribution in [0.4, 0.5) is 0 Å². The Morgan fingerprint density at radius 2 is 1.38 bits per heavy atom. The van der Waals surface area contributed by atoms with Crippen LogP contribution >= 0.6 is 0 Å². The molecule has 0 heterocycles. The molecule has 0 aliphatic heterocycles. The van der Waals surface area contributed by atoms with Crippen molar-refractivity contribution in [3.05, 3.63) is 0 Å². The third kappa shape index (κ3) is 3.65. The van der Waals surface area contributed by atoms with Crippen LogP contribution in [0.25, 0.3) is 0 Å². The van der Waals surface area contributed by atoms with Gasteiger partial charge in [-0.2, -0.15) is 0 Å². The smallest absolute Gasteiger partial charge is 0.162 e. The maximum atomic E-state index is 5.59. The van der Waals surface area contributed by atoms with E-state index in [2.05, 4.69) is 27.7 Å². The zero-order valence-corrected chi connectivity index (χ0v) is 9.89. The summed E-state index contributed by atoms with van der Waals surface area (Å²) in [6.45, 7) is 14.2. The van der Waals surface area contributed by atoms with Gasteiger partial charge in [0.1, 0.15) is 0 Å². The largest absolute Gasteiger partial charge is 0.352 e. The van der Waals surface area contributed by atoms with Gasteiger partial charge in [-0.1, -0.05) is 27.7 Å². The van der Waals surface area contributed by atoms with Gasteiger partial charge in [0.05, 0.1) is 0 Å². The molecule has 2 nitrogen and oxygen atoms in total. The zero-order chi connectivity index (χ0) is 10.5. The Hall–Kier alpha value is -0.0800. The molecule has 2 heteroatoms.